The number of hydrogen-bond donors (Lipinski definition) is 0. The van der Waals surface area contributed by atoms with Crippen LogP contribution in [0.1, 0.15) is 5.56 Å². The van der Waals surface area contributed by atoms with Gasteiger partial charge in [0, 0.05) is 23.7 Å². The highest BCUT2D eigenvalue weighted by atomic mass is 35.5. The van der Waals surface area contributed by atoms with E-state index in [9.17, 15) is 9.18 Å². The minimum absolute atomic E-state index is 0.266. The van der Waals surface area contributed by atoms with Crippen molar-refractivity contribution in [1.82, 2.24) is 4.90 Å². The summed E-state index contributed by atoms with van der Waals surface area (Å²) in [5.74, 6) is -0.739. The lowest BCUT2D eigenvalue weighted by Gasteiger charge is -2.33. The second kappa shape index (κ2) is 6.32. The van der Waals surface area contributed by atoms with E-state index in [0.29, 0.717) is 30.3 Å². The summed E-state index contributed by atoms with van der Waals surface area (Å²) >= 11 is 5.71. The van der Waals surface area contributed by atoms with E-state index < -0.39 is 6.04 Å². The van der Waals surface area contributed by atoms with Crippen molar-refractivity contribution in [3.63, 3.8) is 0 Å². The van der Waals surface area contributed by atoms with Gasteiger partial charge in [-0.3, -0.25) is 9.69 Å². The third-order valence-electron chi connectivity index (χ3n) is 3.10. The van der Waals surface area contributed by atoms with E-state index in [1.807, 2.05) is 4.90 Å². The first kappa shape index (κ1) is 14.2. The van der Waals surface area contributed by atoms with E-state index in [1.165, 1.54) is 13.2 Å². The van der Waals surface area contributed by atoms with Crippen molar-refractivity contribution in [1.29, 1.82) is 0 Å². The standard InChI is InChI=1S/C13H15ClFNO3/c1-18-13(17)12-8-19-5-4-16(12)7-9-2-3-10(14)6-11(9)15/h2-3,6,12H,4-5,7-8H2,1H3. The monoisotopic (exact) mass is 287 g/mol. The van der Waals surface area contributed by atoms with Gasteiger partial charge < -0.3 is 9.47 Å². The van der Waals surface area contributed by atoms with Gasteiger partial charge in [0.15, 0.2) is 0 Å². The smallest absolute Gasteiger partial charge is 0.325 e. The molecule has 1 aliphatic rings. The Kier molecular flexibility index (Phi) is 4.74. The predicted octanol–water partition coefficient (Wildman–Crippen LogP) is 1.85. The lowest BCUT2D eigenvalue weighted by Crippen LogP contribution is -2.49. The summed E-state index contributed by atoms with van der Waals surface area (Å²) in [5, 5.41) is 0.354. The highest BCUT2D eigenvalue weighted by Gasteiger charge is 2.30. The van der Waals surface area contributed by atoms with Crippen LogP contribution in [0, 0.1) is 5.82 Å². The normalized spacial score (nSPS) is 20.3. The van der Waals surface area contributed by atoms with Gasteiger partial charge in [0.2, 0.25) is 0 Å². The Morgan fingerprint density at radius 2 is 2.42 bits per heavy atom. The lowest BCUT2D eigenvalue weighted by molar-refractivity contribution is -0.153. The van der Waals surface area contributed by atoms with Gasteiger partial charge in [-0.25, -0.2) is 4.39 Å². The SMILES string of the molecule is COC(=O)C1COCCN1Cc1ccc(Cl)cc1F. The van der Waals surface area contributed by atoms with Crippen molar-refractivity contribution < 1.29 is 18.7 Å². The number of morpholine rings is 1. The highest BCUT2D eigenvalue weighted by molar-refractivity contribution is 6.30. The fourth-order valence-corrected chi connectivity index (χ4v) is 2.21. The quantitative estimate of drug-likeness (QED) is 0.796. The first-order chi connectivity index (χ1) is 9.11. The summed E-state index contributed by atoms with van der Waals surface area (Å²) in [6, 6.07) is 4.04. The minimum Gasteiger partial charge on any atom is -0.468 e. The van der Waals surface area contributed by atoms with Crippen molar-refractivity contribution >= 4 is 17.6 Å². The Hall–Kier alpha value is -1.17. The number of carbonyl (C=O) groups is 1. The molecule has 1 saturated heterocycles. The molecule has 0 aliphatic carbocycles. The van der Waals surface area contributed by atoms with Gasteiger partial charge in [-0.15, -0.1) is 0 Å². The van der Waals surface area contributed by atoms with Gasteiger partial charge in [0.05, 0.1) is 20.3 Å². The molecule has 1 aliphatic heterocycles. The first-order valence-electron chi connectivity index (χ1n) is 5.95. The fraction of sp³-hybridized carbons (Fsp3) is 0.462. The van der Waals surface area contributed by atoms with Crippen LogP contribution in [-0.2, 0) is 20.8 Å². The molecule has 0 saturated carbocycles. The van der Waals surface area contributed by atoms with Crippen LogP contribution in [0.2, 0.25) is 5.02 Å². The van der Waals surface area contributed by atoms with E-state index in [2.05, 4.69) is 0 Å². The number of ether oxygens (including phenoxy) is 2. The molecule has 4 nitrogen and oxygen atoms in total. The number of halogens is 2. The molecule has 1 aromatic rings. The third-order valence-corrected chi connectivity index (χ3v) is 3.34. The molecule has 0 radical (unpaired) electrons. The molecule has 6 heteroatoms. The number of nitrogens with zero attached hydrogens (tertiary/aromatic N) is 1. The summed E-state index contributed by atoms with van der Waals surface area (Å²) in [4.78, 5) is 13.5. The lowest BCUT2D eigenvalue weighted by atomic mass is 10.1. The summed E-state index contributed by atoms with van der Waals surface area (Å²) in [7, 11) is 1.33. The van der Waals surface area contributed by atoms with Gasteiger partial charge in [0.1, 0.15) is 11.9 Å². The van der Waals surface area contributed by atoms with Crippen molar-refractivity contribution in [2.24, 2.45) is 0 Å². The van der Waals surface area contributed by atoms with Crippen molar-refractivity contribution in [3.8, 4) is 0 Å². The largest absolute Gasteiger partial charge is 0.468 e. The molecule has 104 valence electrons. The van der Waals surface area contributed by atoms with Crippen molar-refractivity contribution in [2.45, 2.75) is 12.6 Å². The van der Waals surface area contributed by atoms with Gasteiger partial charge in [-0.1, -0.05) is 17.7 Å². The molecule has 0 N–H and O–H groups in total. The zero-order chi connectivity index (χ0) is 13.8. The number of carbonyl (C=O) groups excluding carboxylic acids is 1. The molecular formula is C13H15ClFNO3. The molecule has 1 unspecified atom stereocenters. The number of rotatable bonds is 3. The Bertz CT molecular complexity index is 469. The summed E-state index contributed by atoms with van der Waals surface area (Å²) in [6.07, 6.45) is 0. The second-order valence-electron chi connectivity index (χ2n) is 4.32. The van der Waals surface area contributed by atoms with Crippen molar-refractivity contribution in [2.75, 3.05) is 26.9 Å². The van der Waals surface area contributed by atoms with Crippen LogP contribution < -0.4 is 0 Å². The predicted molar refractivity (Wildman–Crippen MR) is 68.4 cm³/mol. The Balaban J connectivity index is 2.13. The molecule has 1 heterocycles. The van der Waals surface area contributed by atoms with Gasteiger partial charge in [-0.05, 0) is 12.1 Å². The van der Waals surface area contributed by atoms with Crippen LogP contribution >= 0.6 is 11.6 Å². The maximum Gasteiger partial charge on any atom is 0.325 e. The van der Waals surface area contributed by atoms with E-state index in [1.54, 1.807) is 12.1 Å². The Morgan fingerprint density at radius 1 is 1.63 bits per heavy atom. The maximum atomic E-state index is 13.8. The number of benzene rings is 1. The Labute approximate surface area is 116 Å². The molecule has 1 aromatic carbocycles. The summed E-state index contributed by atoms with van der Waals surface area (Å²) in [5.41, 5.74) is 0.500. The van der Waals surface area contributed by atoms with Gasteiger partial charge in [-0.2, -0.15) is 0 Å². The third kappa shape index (κ3) is 3.43. The van der Waals surface area contributed by atoms with Crippen LogP contribution in [0.25, 0.3) is 0 Å². The Morgan fingerprint density at radius 3 is 3.11 bits per heavy atom. The van der Waals surface area contributed by atoms with Crippen LogP contribution in [0.15, 0.2) is 18.2 Å². The van der Waals surface area contributed by atoms with Crippen LogP contribution in [0.5, 0.6) is 0 Å². The van der Waals surface area contributed by atoms with Crippen molar-refractivity contribution in [3.05, 3.63) is 34.6 Å². The fourth-order valence-electron chi connectivity index (χ4n) is 2.05. The maximum absolute atomic E-state index is 13.8. The number of hydrogen-bond acceptors (Lipinski definition) is 4. The molecule has 1 fully saturated rings. The second-order valence-corrected chi connectivity index (χ2v) is 4.76. The average molecular weight is 288 g/mol. The van der Waals surface area contributed by atoms with E-state index in [0.717, 1.165) is 0 Å². The number of esters is 1. The number of methoxy groups -OCH3 is 1. The highest BCUT2D eigenvalue weighted by Crippen LogP contribution is 2.19. The molecule has 0 aromatic heterocycles. The molecule has 0 amide bonds. The zero-order valence-corrected chi connectivity index (χ0v) is 11.3. The van der Waals surface area contributed by atoms with Gasteiger partial charge >= 0.3 is 5.97 Å². The average Bonchev–Trinajstić information content (AvgIpc) is 2.41. The van der Waals surface area contributed by atoms with Crippen LogP contribution in [-0.4, -0.2) is 43.8 Å². The molecule has 19 heavy (non-hydrogen) atoms. The van der Waals surface area contributed by atoms with Crippen LogP contribution in [0.4, 0.5) is 4.39 Å². The molecule has 0 spiro atoms. The summed E-state index contributed by atoms with van der Waals surface area (Å²) in [6.45, 7) is 1.67. The van der Waals surface area contributed by atoms with E-state index >= 15 is 0 Å². The molecule has 0 bridgehead atoms. The van der Waals surface area contributed by atoms with Gasteiger partial charge in [0.25, 0.3) is 0 Å². The first-order valence-corrected chi connectivity index (χ1v) is 6.33. The molecular weight excluding hydrogens is 273 g/mol. The molecule has 1 atom stereocenters. The van der Waals surface area contributed by atoms with Crippen LogP contribution in [0.3, 0.4) is 0 Å². The molecule has 2 rings (SSSR count). The van der Waals surface area contributed by atoms with E-state index in [4.69, 9.17) is 21.1 Å². The minimum atomic E-state index is -0.492. The summed E-state index contributed by atoms with van der Waals surface area (Å²) < 4.78 is 23.8. The topological polar surface area (TPSA) is 38.8 Å². The van der Waals surface area contributed by atoms with E-state index in [-0.39, 0.29) is 18.4 Å². The zero-order valence-electron chi connectivity index (χ0n) is 10.6.